The largest absolute Gasteiger partial charge is 0.478 e. The summed E-state index contributed by atoms with van der Waals surface area (Å²) in [5, 5.41) is 28.1. The van der Waals surface area contributed by atoms with E-state index in [4.69, 9.17) is 16.3 Å². The first-order valence-corrected chi connectivity index (χ1v) is 15.3. The van der Waals surface area contributed by atoms with Crippen molar-refractivity contribution in [1.29, 1.82) is 0 Å². The number of anilines is 1. The molecule has 8 N–H and O–H groups in total. The zero-order valence-electron chi connectivity index (χ0n) is 22.6. The molecule has 0 unspecified atom stereocenters. The molecule has 234 valence electrons. The van der Waals surface area contributed by atoms with Gasteiger partial charge in [0.25, 0.3) is 11.8 Å². The molecule has 1 saturated heterocycles. The van der Waals surface area contributed by atoms with E-state index in [2.05, 4.69) is 31.0 Å². The zero-order valence-corrected chi connectivity index (χ0v) is 24.2. The lowest BCUT2D eigenvalue weighted by atomic mass is 9.98. The molecule has 0 bridgehead atoms. The highest BCUT2D eigenvalue weighted by molar-refractivity contribution is 7.84. The molecule has 0 spiro atoms. The fraction of sp³-hybridized carbons (Fsp3) is 0.545. The monoisotopic (exact) mass is 642 g/mol. The first kappa shape index (κ1) is 31.7. The van der Waals surface area contributed by atoms with Gasteiger partial charge in [0.15, 0.2) is 10.8 Å². The summed E-state index contributed by atoms with van der Waals surface area (Å²) in [7, 11) is -5.04. The minimum absolute atomic E-state index is 0.0175. The number of oxime groups is 1. The van der Waals surface area contributed by atoms with Crippen LogP contribution >= 0.6 is 11.3 Å². The van der Waals surface area contributed by atoms with Crippen molar-refractivity contribution in [2.45, 2.75) is 69.3 Å². The molecule has 1 aliphatic carbocycles. The topological polar surface area (TPSA) is 287 Å². The summed E-state index contributed by atoms with van der Waals surface area (Å²) in [6.07, 6.45) is 3.49. The molecule has 2 aliphatic rings. The summed E-state index contributed by atoms with van der Waals surface area (Å²) in [6, 6.07) is -2.87. The van der Waals surface area contributed by atoms with Crippen molar-refractivity contribution in [3.63, 3.8) is 0 Å². The summed E-state index contributed by atoms with van der Waals surface area (Å²) in [5.41, 5.74) is 9.17. The average Bonchev–Trinajstić information content (AvgIpc) is 3.70. The Labute approximate surface area is 248 Å². The Morgan fingerprint density at radius 3 is 2.60 bits per heavy atom. The molecule has 3 heterocycles. The number of β-lactam (4-membered cyclic amide) rings is 1. The van der Waals surface area contributed by atoms with Crippen molar-refractivity contribution in [2.75, 3.05) is 12.3 Å². The summed E-state index contributed by atoms with van der Waals surface area (Å²) in [6.45, 7) is -0.0110. The van der Waals surface area contributed by atoms with Gasteiger partial charge in [-0.3, -0.25) is 18.9 Å². The number of amides is 3. The van der Waals surface area contributed by atoms with Gasteiger partial charge >= 0.3 is 16.3 Å². The van der Waals surface area contributed by atoms with Gasteiger partial charge in [-0.25, -0.2) is 14.1 Å². The van der Waals surface area contributed by atoms with Crippen molar-refractivity contribution in [3.05, 3.63) is 23.0 Å². The fourth-order valence-electron chi connectivity index (χ4n) is 4.58. The quantitative estimate of drug-likeness (QED) is 0.0562. The lowest BCUT2D eigenvalue weighted by molar-refractivity contribution is -0.165. The highest BCUT2D eigenvalue weighted by Crippen LogP contribution is 2.34. The van der Waals surface area contributed by atoms with Crippen molar-refractivity contribution < 1.29 is 42.1 Å². The number of nitrogen functional groups attached to an aromatic ring is 1. The number of aromatic nitrogens is 4. The maximum atomic E-state index is 13.3. The van der Waals surface area contributed by atoms with Crippen LogP contribution in [0.2, 0.25) is 0 Å². The smallest absolute Gasteiger partial charge is 0.362 e. The van der Waals surface area contributed by atoms with E-state index in [1.807, 2.05) is 0 Å². The van der Waals surface area contributed by atoms with Crippen LogP contribution in [-0.2, 0) is 47.4 Å². The van der Waals surface area contributed by atoms with Gasteiger partial charge < -0.3 is 32.0 Å². The van der Waals surface area contributed by atoms with E-state index in [-0.39, 0.29) is 53.4 Å². The standard InChI is InChI=1S/C22H30N10O9S2/c23-7-3-4-15(33)25-8-12-9-26-31(29-12)10-14-17(19(35)32(14)43(38,39)40)28-18(34)16(13-11-42-21(24)27-13)30-41-22(20(36)37)5-1-2-6-22/h9,11,14,17H,1-8,10,23H2,(H2,24,27)(H,25,33)(H,28,34)(H,36,37)(H,38,39,40)/b30-16-/t14-,17+/m1/s1. The second kappa shape index (κ2) is 13.0. The van der Waals surface area contributed by atoms with Gasteiger partial charge in [-0.2, -0.15) is 23.4 Å². The molecule has 0 radical (unpaired) electrons. The average molecular weight is 643 g/mol. The number of nitrogens with zero attached hydrogens (tertiary/aromatic N) is 6. The third kappa shape index (κ3) is 7.24. The highest BCUT2D eigenvalue weighted by Gasteiger charge is 2.55. The Kier molecular flexibility index (Phi) is 9.57. The minimum Gasteiger partial charge on any atom is -0.478 e. The van der Waals surface area contributed by atoms with Crippen LogP contribution in [0.3, 0.4) is 0 Å². The molecule has 1 saturated carbocycles. The summed E-state index contributed by atoms with van der Waals surface area (Å²) in [4.78, 5) is 60.2. The molecule has 0 aromatic carbocycles. The van der Waals surface area contributed by atoms with Crippen molar-refractivity contribution in [3.8, 4) is 0 Å². The fourth-order valence-corrected chi connectivity index (χ4v) is 6.00. The highest BCUT2D eigenvalue weighted by atomic mass is 32.2. The number of carboxylic acids is 1. The number of nitrogens with one attached hydrogen (secondary N) is 2. The molecule has 19 nitrogen and oxygen atoms in total. The van der Waals surface area contributed by atoms with Crippen LogP contribution in [0.5, 0.6) is 0 Å². The SMILES string of the molecule is NCCCC(=O)NCc1cnn(C[C@@H]2[C@H](NC(=O)/C(=N\OC3(C(=O)O)CCCC3)c3csc(N)n3)C(=O)N2S(=O)(=O)O)n1. The van der Waals surface area contributed by atoms with Crippen LogP contribution in [0.25, 0.3) is 0 Å². The molecule has 4 rings (SSSR count). The molecular formula is C22H30N10O9S2. The maximum absolute atomic E-state index is 13.3. The number of nitrogens with two attached hydrogens (primary N) is 2. The number of hydrogen-bond donors (Lipinski definition) is 6. The summed E-state index contributed by atoms with van der Waals surface area (Å²) < 4.78 is 33.7. The van der Waals surface area contributed by atoms with Crippen LogP contribution in [-0.4, -0.2) is 96.0 Å². The van der Waals surface area contributed by atoms with Crippen molar-refractivity contribution in [1.82, 2.24) is 34.9 Å². The third-order valence-corrected chi connectivity index (χ3v) is 8.43. The first-order valence-electron chi connectivity index (χ1n) is 13.0. The Bertz CT molecular complexity index is 1520. The lowest BCUT2D eigenvalue weighted by Crippen LogP contribution is -2.73. The van der Waals surface area contributed by atoms with Crippen LogP contribution < -0.4 is 22.1 Å². The van der Waals surface area contributed by atoms with Crippen molar-refractivity contribution in [2.24, 2.45) is 10.9 Å². The molecule has 1 aliphatic heterocycles. The van der Waals surface area contributed by atoms with E-state index < -0.39 is 51.5 Å². The number of hydrogen-bond acceptors (Lipinski definition) is 14. The predicted octanol–water partition coefficient (Wildman–Crippen LogP) is -2.01. The van der Waals surface area contributed by atoms with Gasteiger partial charge in [0.1, 0.15) is 23.5 Å². The van der Waals surface area contributed by atoms with Gasteiger partial charge in [0, 0.05) is 24.6 Å². The normalized spacial score (nSPS) is 20.0. The molecule has 21 heteroatoms. The molecule has 2 aromatic heterocycles. The zero-order chi connectivity index (χ0) is 31.4. The second-order valence-electron chi connectivity index (χ2n) is 9.80. The molecule has 2 fully saturated rings. The molecule has 2 atom stereocenters. The number of carbonyl (C=O) groups excluding carboxylic acids is 3. The van der Waals surface area contributed by atoms with E-state index >= 15 is 0 Å². The van der Waals surface area contributed by atoms with Crippen LogP contribution in [0, 0.1) is 0 Å². The summed E-state index contributed by atoms with van der Waals surface area (Å²) in [5.74, 6) is -3.71. The Balaban J connectivity index is 1.52. The van der Waals surface area contributed by atoms with Gasteiger partial charge in [0.2, 0.25) is 11.5 Å². The van der Waals surface area contributed by atoms with Gasteiger partial charge in [-0.05, 0) is 25.8 Å². The Morgan fingerprint density at radius 1 is 1.28 bits per heavy atom. The maximum Gasteiger partial charge on any atom is 0.362 e. The number of rotatable bonds is 14. The van der Waals surface area contributed by atoms with E-state index in [1.54, 1.807) is 0 Å². The van der Waals surface area contributed by atoms with Gasteiger partial charge in [-0.15, -0.1) is 11.3 Å². The summed E-state index contributed by atoms with van der Waals surface area (Å²) >= 11 is 0.965. The van der Waals surface area contributed by atoms with E-state index in [9.17, 15) is 37.3 Å². The van der Waals surface area contributed by atoms with E-state index in [1.165, 1.54) is 11.6 Å². The third-order valence-electron chi connectivity index (χ3n) is 6.81. The van der Waals surface area contributed by atoms with Crippen LogP contribution in [0.4, 0.5) is 5.13 Å². The van der Waals surface area contributed by atoms with Crippen LogP contribution in [0.15, 0.2) is 16.7 Å². The van der Waals surface area contributed by atoms with E-state index in [0.29, 0.717) is 31.5 Å². The van der Waals surface area contributed by atoms with Crippen molar-refractivity contribution >= 4 is 56.2 Å². The second-order valence-corrected chi connectivity index (χ2v) is 12.0. The Morgan fingerprint density at radius 2 is 2.00 bits per heavy atom. The predicted molar refractivity (Wildman–Crippen MR) is 147 cm³/mol. The molecular weight excluding hydrogens is 612 g/mol. The number of aliphatic carboxylic acids is 1. The molecule has 43 heavy (non-hydrogen) atoms. The number of thiazole rings is 1. The first-order chi connectivity index (χ1) is 20.3. The number of carboxylic acid groups (broad SMARTS) is 1. The van der Waals surface area contributed by atoms with Gasteiger partial charge in [-0.1, -0.05) is 5.16 Å². The molecule has 3 amide bonds. The van der Waals surface area contributed by atoms with Crippen LogP contribution in [0.1, 0.15) is 49.9 Å². The molecule has 2 aromatic rings. The minimum atomic E-state index is -5.04. The Hall–Kier alpha value is -4.21. The number of carbonyl (C=O) groups is 4. The van der Waals surface area contributed by atoms with E-state index in [0.717, 1.165) is 16.1 Å². The lowest BCUT2D eigenvalue weighted by Gasteiger charge is -2.43. The van der Waals surface area contributed by atoms with Gasteiger partial charge in [0.05, 0.1) is 19.3 Å².